The fourth-order valence-corrected chi connectivity index (χ4v) is 0.992. The number of rotatable bonds is 2. The molecule has 1 rings (SSSR count). The molecule has 4 heteroatoms. The van der Waals surface area contributed by atoms with Crippen LogP contribution in [0.1, 0.15) is 25.6 Å². The highest BCUT2D eigenvalue weighted by Crippen LogP contribution is 2.06. The van der Waals surface area contributed by atoms with Crippen molar-refractivity contribution < 1.29 is 9.53 Å². The smallest absolute Gasteiger partial charge is 0.302 e. The highest BCUT2D eigenvalue weighted by molar-refractivity contribution is 7.09. The van der Waals surface area contributed by atoms with E-state index in [-0.39, 0.29) is 5.97 Å². The Balaban J connectivity index is 0.000000561. The number of hydrogen-bond acceptors (Lipinski definition) is 4. The van der Waals surface area contributed by atoms with E-state index < -0.39 is 0 Å². The van der Waals surface area contributed by atoms with Gasteiger partial charge in [0.2, 0.25) is 0 Å². The van der Waals surface area contributed by atoms with Crippen LogP contribution in [0.4, 0.5) is 0 Å². The van der Waals surface area contributed by atoms with Crippen LogP contribution in [0.25, 0.3) is 0 Å². The lowest BCUT2D eigenvalue weighted by Gasteiger charge is -1.95. The third-order valence-electron chi connectivity index (χ3n) is 0.901. The summed E-state index contributed by atoms with van der Waals surface area (Å²) in [6.07, 6.45) is 1.69. The van der Waals surface area contributed by atoms with Gasteiger partial charge in [-0.3, -0.25) is 9.78 Å². The molecule has 0 bridgehead atoms. The first-order chi connectivity index (χ1) is 5.79. The van der Waals surface area contributed by atoms with Crippen LogP contribution in [-0.4, -0.2) is 11.0 Å². The Labute approximate surface area is 76.4 Å². The largest absolute Gasteiger partial charge is 0.460 e. The van der Waals surface area contributed by atoms with E-state index >= 15 is 0 Å². The molecule has 0 amide bonds. The summed E-state index contributed by atoms with van der Waals surface area (Å²) >= 11 is 1.48. The summed E-state index contributed by atoms with van der Waals surface area (Å²) in [5.74, 6) is -0.256. The average molecular weight is 187 g/mol. The molecule has 1 heterocycles. The number of thiazole rings is 1. The van der Waals surface area contributed by atoms with E-state index in [1.54, 1.807) is 11.7 Å². The Bertz CT molecular complexity index is 209. The minimum Gasteiger partial charge on any atom is -0.460 e. The molecule has 0 aliphatic rings. The van der Waals surface area contributed by atoms with Gasteiger partial charge in [0.15, 0.2) is 0 Å². The minimum absolute atomic E-state index is 0.256. The molecule has 68 valence electrons. The van der Waals surface area contributed by atoms with Crippen molar-refractivity contribution in [2.24, 2.45) is 0 Å². The molecule has 1 aromatic heterocycles. The molecule has 0 fully saturated rings. The van der Waals surface area contributed by atoms with E-state index in [1.165, 1.54) is 18.3 Å². The van der Waals surface area contributed by atoms with E-state index in [0.717, 1.165) is 4.88 Å². The topological polar surface area (TPSA) is 39.2 Å². The van der Waals surface area contributed by atoms with Crippen LogP contribution in [0, 0.1) is 0 Å². The van der Waals surface area contributed by atoms with Gasteiger partial charge in [0.05, 0.1) is 10.4 Å². The molecule has 0 saturated heterocycles. The van der Waals surface area contributed by atoms with Gasteiger partial charge in [0.25, 0.3) is 0 Å². The van der Waals surface area contributed by atoms with Gasteiger partial charge in [-0.05, 0) is 0 Å². The molecule has 0 N–H and O–H groups in total. The molecule has 0 spiro atoms. The van der Waals surface area contributed by atoms with Crippen LogP contribution in [0.2, 0.25) is 0 Å². The van der Waals surface area contributed by atoms with Crippen LogP contribution in [0.3, 0.4) is 0 Å². The minimum atomic E-state index is -0.256. The third kappa shape index (κ3) is 4.85. The van der Waals surface area contributed by atoms with Gasteiger partial charge in [-0.1, -0.05) is 13.8 Å². The molecule has 12 heavy (non-hydrogen) atoms. The number of hydrogen-bond donors (Lipinski definition) is 0. The number of nitrogens with zero attached hydrogens (tertiary/aromatic N) is 1. The monoisotopic (exact) mass is 187 g/mol. The van der Waals surface area contributed by atoms with Crippen molar-refractivity contribution in [1.29, 1.82) is 0 Å². The van der Waals surface area contributed by atoms with Gasteiger partial charge < -0.3 is 4.74 Å². The Hall–Kier alpha value is -0.900. The first kappa shape index (κ1) is 11.1. The van der Waals surface area contributed by atoms with E-state index in [1.807, 2.05) is 13.8 Å². The first-order valence-electron chi connectivity index (χ1n) is 3.80. The van der Waals surface area contributed by atoms with Gasteiger partial charge in [-0.15, -0.1) is 11.3 Å². The van der Waals surface area contributed by atoms with Crippen LogP contribution < -0.4 is 0 Å². The zero-order valence-electron chi connectivity index (χ0n) is 7.53. The van der Waals surface area contributed by atoms with Crippen LogP contribution >= 0.6 is 11.3 Å². The van der Waals surface area contributed by atoms with Gasteiger partial charge in [-0.2, -0.15) is 0 Å². The highest BCUT2D eigenvalue weighted by atomic mass is 32.1. The van der Waals surface area contributed by atoms with Crippen molar-refractivity contribution in [3.63, 3.8) is 0 Å². The lowest BCUT2D eigenvalue weighted by atomic mass is 10.6. The SMILES string of the molecule is CC.CC(=O)OCc1cncs1. The van der Waals surface area contributed by atoms with Crippen LogP contribution in [-0.2, 0) is 16.1 Å². The molecule has 3 nitrogen and oxygen atoms in total. The standard InChI is InChI=1S/C6H7NO2S.C2H6/c1-5(8)9-3-6-2-7-4-10-6;1-2/h2,4H,3H2,1H3;1-2H3. The second kappa shape index (κ2) is 6.79. The van der Waals surface area contributed by atoms with Crippen molar-refractivity contribution in [3.8, 4) is 0 Å². The Morgan fingerprint density at radius 3 is 2.75 bits per heavy atom. The van der Waals surface area contributed by atoms with E-state index in [0.29, 0.717) is 6.61 Å². The summed E-state index contributed by atoms with van der Waals surface area (Å²) in [6, 6.07) is 0. The lowest BCUT2D eigenvalue weighted by molar-refractivity contribution is -0.142. The summed E-state index contributed by atoms with van der Waals surface area (Å²) < 4.78 is 4.72. The molecular formula is C8H13NO2S. The van der Waals surface area contributed by atoms with E-state index in [2.05, 4.69) is 4.98 Å². The van der Waals surface area contributed by atoms with Crippen molar-refractivity contribution in [2.45, 2.75) is 27.4 Å². The number of carbonyl (C=O) groups is 1. The molecular weight excluding hydrogens is 174 g/mol. The predicted octanol–water partition coefficient (Wildman–Crippen LogP) is 2.23. The predicted molar refractivity (Wildman–Crippen MR) is 48.9 cm³/mol. The zero-order valence-corrected chi connectivity index (χ0v) is 8.35. The summed E-state index contributed by atoms with van der Waals surface area (Å²) in [5, 5.41) is 0. The Morgan fingerprint density at radius 1 is 1.67 bits per heavy atom. The molecule has 0 unspecified atom stereocenters. The molecule has 0 aromatic carbocycles. The zero-order chi connectivity index (χ0) is 9.40. The molecule has 0 radical (unpaired) electrons. The third-order valence-corrected chi connectivity index (χ3v) is 1.65. The van der Waals surface area contributed by atoms with Crippen LogP contribution in [0.15, 0.2) is 11.7 Å². The van der Waals surface area contributed by atoms with Crippen molar-refractivity contribution >= 4 is 17.3 Å². The second-order valence-corrected chi connectivity index (χ2v) is 2.72. The molecule has 0 atom stereocenters. The highest BCUT2D eigenvalue weighted by Gasteiger charge is 1.95. The molecule has 1 aromatic rings. The number of esters is 1. The van der Waals surface area contributed by atoms with E-state index in [4.69, 9.17) is 4.74 Å². The second-order valence-electron chi connectivity index (χ2n) is 1.75. The molecule has 0 aliphatic heterocycles. The first-order valence-corrected chi connectivity index (χ1v) is 4.68. The Kier molecular flexibility index (Phi) is 6.28. The fraction of sp³-hybridized carbons (Fsp3) is 0.500. The summed E-state index contributed by atoms with van der Waals surface area (Å²) in [7, 11) is 0. The lowest BCUT2D eigenvalue weighted by Crippen LogP contribution is -1.96. The maximum absolute atomic E-state index is 10.3. The van der Waals surface area contributed by atoms with Crippen molar-refractivity contribution in [2.75, 3.05) is 0 Å². The molecule has 0 aliphatic carbocycles. The van der Waals surface area contributed by atoms with Gasteiger partial charge in [0, 0.05) is 13.1 Å². The quantitative estimate of drug-likeness (QED) is 0.666. The normalized spacial score (nSPS) is 8.25. The summed E-state index contributed by atoms with van der Waals surface area (Å²) in [6.45, 7) is 5.74. The maximum atomic E-state index is 10.3. The van der Waals surface area contributed by atoms with Gasteiger partial charge in [0.1, 0.15) is 6.61 Å². The van der Waals surface area contributed by atoms with Crippen molar-refractivity contribution in [1.82, 2.24) is 4.98 Å². The maximum Gasteiger partial charge on any atom is 0.302 e. The number of carbonyl (C=O) groups excluding carboxylic acids is 1. The Morgan fingerprint density at radius 2 is 2.33 bits per heavy atom. The molecule has 0 saturated carbocycles. The van der Waals surface area contributed by atoms with E-state index in [9.17, 15) is 4.79 Å². The fourth-order valence-electron chi connectivity index (χ4n) is 0.486. The number of aromatic nitrogens is 1. The van der Waals surface area contributed by atoms with Gasteiger partial charge in [-0.25, -0.2) is 0 Å². The average Bonchev–Trinajstić information content (AvgIpc) is 2.56. The van der Waals surface area contributed by atoms with Crippen molar-refractivity contribution in [3.05, 3.63) is 16.6 Å². The summed E-state index contributed by atoms with van der Waals surface area (Å²) in [4.78, 5) is 15.1. The van der Waals surface area contributed by atoms with Gasteiger partial charge >= 0.3 is 5.97 Å². The number of ether oxygens (including phenoxy) is 1. The van der Waals surface area contributed by atoms with Crippen LogP contribution in [0.5, 0.6) is 0 Å². The summed E-state index contributed by atoms with van der Waals surface area (Å²) in [5.41, 5.74) is 1.71.